The molecule has 0 saturated carbocycles. The maximum Gasteiger partial charge on any atom is 0.235 e. The Labute approximate surface area is 224 Å². The van der Waals surface area contributed by atoms with Gasteiger partial charge in [0.15, 0.2) is 18.9 Å². The number of hydrogen-bond acceptors (Lipinski definition) is 8. The number of β-lactam (4-membered cyclic amide) rings is 1. The van der Waals surface area contributed by atoms with Crippen molar-refractivity contribution in [3.63, 3.8) is 0 Å². The Morgan fingerprint density at radius 1 is 1.39 bits per heavy atom. The number of carbonyl (C=O) groups is 1. The number of likely N-dealkylation sites (N-methyl/N-ethyl adjacent to an activating group) is 1. The summed E-state index contributed by atoms with van der Waals surface area (Å²) in [4.78, 5) is 23.3. The lowest BCUT2D eigenvalue weighted by Crippen LogP contribution is -2.65. The Balaban J connectivity index is 1.60. The molecule has 1 N–H and O–H groups in total. The summed E-state index contributed by atoms with van der Waals surface area (Å²) in [7, 11) is 0.332. The van der Waals surface area contributed by atoms with Crippen molar-refractivity contribution in [1.29, 1.82) is 0 Å². The second-order valence-electron chi connectivity index (χ2n) is 11.0. The first-order valence-corrected chi connectivity index (χ1v) is 17.7. The highest BCUT2D eigenvalue weighted by atomic mass is 32.2. The molecule has 0 aliphatic carbocycles. The molecule has 0 radical (unpaired) electrons. The van der Waals surface area contributed by atoms with Gasteiger partial charge < -0.3 is 19.2 Å². The molecule has 1 aromatic rings. The highest BCUT2D eigenvalue weighted by Gasteiger charge is 2.60. The van der Waals surface area contributed by atoms with Crippen molar-refractivity contribution < 1.29 is 19.1 Å². The van der Waals surface area contributed by atoms with Crippen molar-refractivity contribution in [3.8, 4) is 0 Å². The van der Waals surface area contributed by atoms with Crippen molar-refractivity contribution in [2.45, 2.75) is 75.7 Å². The van der Waals surface area contributed by atoms with Crippen LogP contribution in [0.3, 0.4) is 0 Å². The van der Waals surface area contributed by atoms with Gasteiger partial charge in [-0.05, 0) is 52.5 Å². The number of rotatable bonds is 10. The second kappa shape index (κ2) is 10.8. The molecule has 3 aliphatic heterocycles. The predicted octanol–water partition coefficient (Wildman–Crippen LogP) is 4.79. The highest BCUT2D eigenvalue weighted by Crippen LogP contribution is 2.53. The fraction of sp³-hybridized carbons (Fsp3) is 0.615. The van der Waals surface area contributed by atoms with E-state index in [-0.39, 0.29) is 36.5 Å². The molecule has 1 amide bonds. The molecule has 10 heteroatoms. The van der Waals surface area contributed by atoms with Gasteiger partial charge in [0.05, 0.1) is 36.1 Å². The van der Waals surface area contributed by atoms with E-state index in [1.807, 2.05) is 6.92 Å². The third kappa shape index (κ3) is 5.45. The van der Waals surface area contributed by atoms with Gasteiger partial charge in [0, 0.05) is 28.8 Å². The molecule has 1 fully saturated rings. The van der Waals surface area contributed by atoms with Gasteiger partial charge in [0.25, 0.3) is 0 Å². The second-order valence-corrected chi connectivity index (χ2v) is 17.6. The lowest BCUT2D eigenvalue weighted by atomic mass is 9.79. The molecule has 4 rings (SSSR count). The molecular weight excluding hydrogens is 511 g/mol. The molecule has 3 aliphatic rings. The van der Waals surface area contributed by atoms with E-state index in [4.69, 9.17) is 14.1 Å². The van der Waals surface area contributed by atoms with E-state index >= 15 is 0 Å². The molecular formula is C26H39N3O4S2Si. The topological polar surface area (TPSA) is 75.1 Å². The predicted molar refractivity (Wildman–Crippen MR) is 149 cm³/mol. The first kappa shape index (κ1) is 27.8. The maximum absolute atomic E-state index is 13.4. The molecule has 1 saturated heterocycles. The summed E-state index contributed by atoms with van der Waals surface area (Å²) >= 11 is 3.16. The number of aromatic nitrogens is 1. The van der Waals surface area contributed by atoms with Gasteiger partial charge in [0.1, 0.15) is 0 Å². The minimum Gasteiger partial charge on any atom is -0.414 e. The molecule has 0 spiro atoms. The van der Waals surface area contributed by atoms with Gasteiger partial charge in [-0.1, -0.05) is 30.8 Å². The summed E-state index contributed by atoms with van der Waals surface area (Å²) < 4.78 is 12.8. The summed E-state index contributed by atoms with van der Waals surface area (Å²) in [5, 5.41) is 13.1. The summed E-state index contributed by atoms with van der Waals surface area (Å²) in [5.74, 6) is -0.198. The third-order valence-electron chi connectivity index (χ3n) is 7.18. The minimum atomic E-state index is -1.81. The number of fused-ring (bicyclic) bond motifs is 1. The number of thiazole rings is 1. The van der Waals surface area contributed by atoms with Gasteiger partial charge in [-0.3, -0.25) is 9.69 Å². The van der Waals surface area contributed by atoms with Crippen LogP contribution in [0.25, 0.3) is 5.57 Å². The monoisotopic (exact) mass is 549 g/mol. The zero-order valence-electron chi connectivity index (χ0n) is 22.4. The number of aliphatic hydroxyl groups is 1. The molecule has 36 heavy (non-hydrogen) atoms. The smallest absolute Gasteiger partial charge is 0.235 e. The maximum atomic E-state index is 13.4. The summed E-state index contributed by atoms with van der Waals surface area (Å²) in [5.41, 5.74) is 2.85. The number of amides is 1. The highest BCUT2D eigenvalue weighted by molar-refractivity contribution is 8.04. The lowest BCUT2D eigenvalue weighted by molar-refractivity contribution is -0.165. The summed E-state index contributed by atoms with van der Waals surface area (Å²) in [6.45, 7) is 17.6. The van der Waals surface area contributed by atoms with Crippen LogP contribution in [0.5, 0.6) is 0 Å². The van der Waals surface area contributed by atoms with Crippen molar-refractivity contribution >= 4 is 42.9 Å². The average molecular weight is 550 g/mol. The van der Waals surface area contributed by atoms with Crippen LogP contribution in [-0.2, 0) is 14.0 Å². The van der Waals surface area contributed by atoms with Crippen LogP contribution in [0.1, 0.15) is 32.9 Å². The molecule has 7 nitrogen and oxygen atoms in total. The van der Waals surface area contributed by atoms with Crippen molar-refractivity contribution in [2.75, 3.05) is 20.2 Å². The number of nitrogens with zero attached hydrogens (tertiary/aromatic N) is 3. The largest absolute Gasteiger partial charge is 0.414 e. The molecule has 6 atom stereocenters. The number of carbonyl (C=O) groups excluding carboxylic acids is 1. The Kier molecular flexibility index (Phi) is 8.36. The van der Waals surface area contributed by atoms with E-state index < -0.39 is 14.6 Å². The molecule has 4 heterocycles. The molecule has 198 valence electrons. The van der Waals surface area contributed by atoms with E-state index in [9.17, 15) is 9.90 Å². The molecule has 0 bridgehead atoms. The zero-order chi connectivity index (χ0) is 26.4. The van der Waals surface area contributed by atoms with Gasteiger partial charge >= 0.3 is 0 Å². The lowest BCUT2D eigenvalue weighted by Gasteiger charge is -2.49. The Morgan fingerprint density at radius 2 is 2.11 bits per heavy atom. The number of aliphatic hydroxyl groups excluding tert-OH is 1. The third-order valence-corrected chi connectivity index (χ3v) is 10.5. The number of ether oxygens (including phenoxy) is 1. The SMILES string of the molecule is C=CCOC(O)C1=C(Sc2nc(C3=CCN(C)[C@H](C)C3)cs2)[C@H](C)[C@@H]2[C@@H]([C@@H](C)O[Si](C)(C)C)C(=O)N12. The molecule has 0 aromatic carbocycles. The zero-order valence-corrected chi connectivity index (χ0v) is 25.0. The standard InChI is InChI=1S/C26H39N3O4S2Si/c1-9-12-32-25(31)22-23(16(3)21-20(24(30)29(21)22)17(4)33-36(6,7)8)35-26-27-19(14-34-26)18-10-11-28(5)15(2)13-18/h9-10,14-17,20-21,25,31H,1,11-13H2,2-8H3/t15-,16-,17-,20-,21-,25?/m1/s1. The van der Waals surface area contributed by atoms with E-state index in [0.29, 0.717) is 11.7 Å². The fourth-order valence-electron chi connectivity index (χ4n) is 5.33. The number of hydrogen-bond donors (Lipinski definition) is 1. The van der Waals surface area contributed by atoms with Gasteiger partial charge in [-0.15, -0.1) is 17.9 Å². The normalized spacial score (nSPS) is 28.6. The van der Waals surface area contributed by atoms with Crippen LogP contribution in [0, 0.1) is 11.8 Å². The number of thioether (sulfide) groups is 1. The van der Waals surface area contributed by atoms with Crippen LogP contribution in [0.4, 0.5) is 0 Å². The average Bonchev–Trinajstić information content (AvgIpc) is 3.35. The quantitative estimate of drug-likeness (QED) is 0.195. The molecule has 1 unspecified atom stereocenters. The Bertz CT molecular complexity index is 1070. The molecule has 1 aromatic heterocycles. The van der Waals surface area contributed by atoms with Crippen LogP contribution >= 0.6 is 23.1 Å². The fourth-order valence-corrected chi connectivity index (χ4v) is 8.73. The van der Waals surface area contributed by atoms with E-state index in [1.54, 1.807) is 34.1 Å². The Morgan fingerprint density at radius 3 is 2.75 bits per heavy atom. The van der Waals surface area contributed by atoms with Crippen LogP contribution in [-0.4, -0.2) is 78.8 Å². The van der Waals surface area contributed by atoms with Crippen molar-refractivity contribution in [2.24, 2.45) is 11.8 Å². The van der Waals surface area contributed by atoms with Gasteiger partial charge in [-0.25, -0.2) is 4.98 Å². The van der Waals surface area contributed by atoms with E-state index in [2.05, 4.69) is 63.5 Å². The Hall–Kier alpha value is -1.27. The minimum absolute atomic E-state index is 0.00486. The first-order chi connectivity index (χ1) is 16.9. The summed E-state index contributed by atoms with van der Waals surface area (Å²) in [6.07, 6.45) is 3.46. The van der Waals surface area contributed by atoms with E-state index in [1.165, 1.54) is 5.57 Å². The first-order valence-electron chi connectivity index (χ1n) is 12.6. The van der Waals surface area contributed by atoms with Crippen molar-refractivity contribution in [1.82, 2.24) is 14.8 Å². The van der Waals surface area contributed by atoms with Crippen molar-refractivity contribution in [3.05, 3.63) is 40.4 Å². The summed E-state index contributed by atoms with van der Waals surface area (Å²) in [6, 6.07) is 0.427. The van der Waals surface area contributed by atoms with Crippen LogP contribution in [0.15, 0.2) is 39.1 Å². The van der Waals surface area contributed by atoms with E-state index in [0.717, 1.165) is 27.9 Å². The van der Waals surface area contributed by atoms with Gasteiger partial charge in [0.2, 0.25) is 5.91 Å². The van der Waals surface area contributed by atoms with Crippen LogP contribution < -0.4 is 0 Å². The van der Waals surface area contributed by atoms with Gasteiger partial charge in [-0.2, -0.15) is 0 Å². The van der Waals surface area contributed by atoms with Crippen LogP contribution in [0.2, 0.25) is 19.6 Å².